The molecule has 96 valence electrons. The molecule has 0 saturated carbocycles. The highest BCUT2D eigenvalue weighted by Crippen LogP contribution is 2.25. The van der Waals surface area contributed by atoms with Gasteiger partial charge in [0, 0.05) is 10.2 Å². The van der Waals surface area contributed by atoms with Gasteiger partial charge in [-0.2, -0.15) is 0 Å². The van der Waals surface area contributed by atoms with Crippen molar-refractivity contribution in [3.05, 3.63) is 40.9 Å². The molecule has 2 N–H and O–H groups in total. The minimum atomic E-state index is -0.779. The van der Waals surface area contributed by atoms with Gasteiger partial charge in [-0.25, -0.2) is 4.79 Å². The molecule has 0 aromatic heterocycles. The molecular formula is C14H16BrNO2. The Balaban J connectivity index is 2.08. The smallest absolute Gasteiger partial charge is 0.326 e. The number of halogens is 1. The molecule has 2 atom stereocenters. The summed E-state index contributed by atoms with van der Waals surface area (Å²) in [6, 6.07) is 7.07. The molecule has 0 spiro atoms. The number of hydrogen-bond acceptors (Lipinski definition) is 2. The van der Waals surface area contributed by atoms with Gasteiger partial charge in [0.15, 0.2) is 0 Å². The Morgan fingerprint density at radius 3 is 2.61 bits per heavy atom. The standard InChI is InChI=1S/C14H16BrNO2/c15-11-6-8-12(9-7-11)16-13(14(17)18)10-4-2-1-3-5-10/h1-2,6-10,13,16H,3-5H2,(H,17,18). The number of hydrogen-bond donors (Lipinski definition) is 2. The Morgan fingerprint density at radius 1 is 1.33 bits per heavy atom. The maximum absolute atomic E-state index is 11.4. The zero-order valence-corrected chi connectivity index (χ0v) is 11.6. The van der Waals surface area contributed by atoms with Crippen LogP contribution in [0.5, 0.6) is 0 Å². The third-order valence-electron chi connectivity index (χ3n) is 3.21. The van der Waals surface area contributed by atoms with Crippen molar-refractivity contribution in [1.82, 2.24) is 0 Å². The molecular weight excluding hydrogens is 294 g/mol. The monoisotopic (exact) mass is 309 g/mol. The molecule has 1 aromatic rings. The second-order valence-corrected chi connectivity index (χ2v) is 5.43. The Morgan fingerprint density at radius 2 is 2.06 bits per heavy atom. The molecule has 3 nitrogen and oxygen atoms in total. The van der Waals surface area contributed by atoms with E-state index in [-0.39, 0.29) is 5.92 Å². The lowest BCUT2D eigenvalue weighted by atomic mass is 9.87. The third-order valence-corrected chi connectivity index (χ3v) is 3.74. The average molecular weight is 310 g/mol. The largest absolute Gasteiger partial charge is 0.480 e. The average Bonchev–Trinajstić information content (AvgIpc) is 2.38. The van der Waals surface area contributed by atoms with Gasteiger partial charge in [-0.15, -0.1) is 0 Å². The second-order valence-electron chi connectivity index (χ2n) is 4.51. The van der Waals surface area contributed by atoms with Gasteiger partial charge in [-0.05, 0) is 49.4 Å². The van der Waals surface area contributed by atoms with Gasteiger partial charge in [0.2, 0.25) is 0 Å². The second kappa shape index (κ2) is 6.05. The maximum atomic E-state index is 11.4. The van der Waals surface area contributed by atoms with Crippen LogP contribution in [0.3, 0.4) is 0 Å². The molecule has 2 rings (SSSR count). The lowest BCUT2D eigenvalue weighted by Crippen LogP contribution is -2.37. The summed E-state index contributed by atoms with van der Waals surface area (Å²) in [5.41, 5.74) is 0.847. The van der Waals surface area contributed by atoms with E-state index >= 15 is 0 Å². The lowest BCUT2D eigenvalue weighted by Gasteiger charge is -2.26. The predicted molar refractivity (Wildman–Crippen MR) is 75.7 cm³/mol. The molecule has 1 aromatic carbocycles. The van der Waals surface area contributed by atoms with Gasteiger partial charge in [-0.1, -0.05) is 28.1 Å². The third kappa shape index (κ3) is 3.35. The summed E-state index contributed by atoms with van der Waals surface area (Å²) < 4.78 is 0.987. The van der Waals surface area contributed by atoms with Crippen LogP contribution in [0.2, 0.25) is 0 Å². The Kier molecular flexibility index (Phi) is 4.42. The van der Waals surface area contributed by atoms with Crippen LogP contribution >= 0.6 is 15.9 Å². The number of benzene rings is 1. The summed E-state index contributed by atoms with van der Waals surface area (Å²) in [5.74, 6) is -0.616. The van der Waals surface area contributed by atoms with Crippen molar-refractivity contribution >= 4 is 27.6 Å². The summed E-state index contributed by atoms with van der Waals surface area (Å²) in [6.07, 6.45) is 6.93. The van der Waals surface area contributed by atoms with Crippen molar-refractivity contribution in [3.63, 3.8) is 0 Å². The summed E-state index contributed by atoms with van der Waals surface area (Å²) in [6.45, 7) is 0. The van der Waals surface area contributed by atoms with Gasteiger partial charge in [0.05, 0.1) is 0 Å². The van der Waals surface area contributed by atoms with E-state index in [1.165, 1.54) is 0 Å². The zero-order chi connectivity index (χ0) is 13.0. The normalized spacial score (nSPS) is 20.4. The minimum absolute atomic E-state index is 0.163. The maximum Gasteiger partial charge on any atom is 0.326 e. The van der Waals surface area contributed by atoms with E-state index in [1.54, 1.807) is 0 Å². The molecule has 1 aliphatic carbocycles. The molecule has 18 heavy (non-hydrogen) atoms. The molecule has 0 saturated heterocycles. The Labute approximate surface area is 115 Å². The van der Waals surface area contributed by atoms with Crippen LogP contribution < -0.4 is 5.32 Å². The van der Waals surface area contributed by atoms with E-state index in [4.69, 9.17) is 0 Å². The lowest BCUT2D eigenvalue weighted by molar-refractivity contribution is -0.139. The van der Waals surface area contributed by atoms with E-state index in [9.17, 15) is 9.90 Å². The molecule has 0 bridgehead atoms. The van der Waals surface area contributed by atoms with Crippen molar-refractivity contribution in [2.45, 2.75) is 25.3 Å². The fraction of sp³-hybridized carbons (Fsp3) is 0.357. The van der Waals surface area contributed by atoms with Gasteiger partial charge < -0.3 is 10.4 Å². The number of allylic oxidation sites excluding steroid dienone is 2. The van der Waals surface area contributed by atoms with E-state index in [0.717, 1.165) is 29.4 Å². The molecule has 4 heteroatoms. The summed E-state index contributed by atoms with van der Waals surface area (Å²) in [7, 11) is 0. The number of aliphatic carboxylic acids is 1. The van der Waals surface area contributed by atoms with Crippen molar-refractivity contribution in [2.75, 3.05) is 5.32 Å². The van der Waals surface area contributed by atoms with E-state index in [2.05, 4.69) is 33.4 Å². The number of carboxylic acid groups (broad SMARTS) is 1. The highest BCUT2D eigenvalue weighted by atomic mass is 79.9. The van der Waals surface area contributed by atoms with E-state index < -0.39 is 12.0 Å². The first-order chi connectivity index (χ1) is 8.66. The summed E-state index contributed by atoms with van der Waals surface area (Å²) >= 11 is 3.36. The van der Waals surface area contributed by atoms with Crippen LogP contribution in [0.1, 0.15) is 19.3 Å². The van der Waals surface area contributed by atoms with Crippen molar-refractivity contribution < 1.29 is 9.90 Å². The first kappa shape index (κ1) is 13.1. The van der Waals surface area contributed by atoms with Crippen LogP contribution in [-0.2, 0) is 4.79 Å². The zero-order valence-electron chi connectivity index (χ0n) is 9.97. The summed E-state index contributed by atoms with van der Waals surface area (Å²) in [4.78, 5) is 11.4. The number of carbonyl (C=O) groups is 1. The number of nitrogens with one attached hydrogen (secondary N) is 1. The SMILES string of the molecule is O=C(O)C(Nc1ccc(Br)cc1)C1CC=CCC1. The van der Waals surface area contributed by atoms with Crippen molar-refractivity contribution in [2.24, 2.45) is 5.92 Å². The predicted octanol–water partition coefficient (Wildman–Crippen LogP) is 3.67. The van der Waals surface area contributed by atoms with Crippen molar-refractivity contribution in [3.8, 4) is 0 Å². The van der Waals surface area contributed by atoms with Gasteiger partial charge >= 0.3 is 5.97 Å². The number of carboxylic acids is 1. The molecule has 2 unspecified atom stereocenters. The van der Waals surface area contributed by atoms with E-state index in [0.29, 0.717) is 0 Å². The van der Waals surface area contributed by atoms with Crippen LogP contribution in [0.25, 0.3) is 0 Å². The van der Waals surface area contributed by atoms with Crippen LogP contribution in [-0.4, -0.2) is 17.1 Å². The number of rotatable bonds is 4. The molecule has 1 aliphatic rings. The molecule has 0 aliphatic heterocycles. The molecule has 0 heterocycles. The molecule has 0 fully saturated rings. The van der Waals surface area contributed by atoms with E-state index in [1.807, 2.05) is 24.3 Å². The van der Waals surface area contributed by atoms with Crippen LogP contribution in [0, 0.1) is 5.92 Å². The molecule has 0 amide bonds. The quantitative estimate of drug-likeness (QED) is 0.834. The fourth-order valence-electron chi connectivity index (χ4n) is 2.23. The molecule has 0 radical (unpaired) electrons. The highest BCUT2D eigenvalue weighted by Gasteiger charge is 2.27. The fourth-order valence-corrected chi connectivity index (χ4v) is 2.49. The minimum Gasteiger partial charge on any atom is -0.480 e. The Hall–Kier alpha value is -1.29. The van der Waals surface area contributed by atoms with Gasteiger partial charge in [0.25, 0.3) is 0 Å². The van der Waals surface area contributed by atoms with Gasteiger partial charge in [0.1, 0.15) is 6.04 Å². The first-order valence-electron chi connectivity index (χ1n) is 6.07. The van der Waals surface area contributed by atoms with Crippen LogP contribution in [0.15, 0.2) is 40.9 Å². The topological polar surface area (TPSA) is 49.3 Å². The summed E-state index contributed by atoms with van der Waals surface area (Å²) in [5, 5.41) is 12.5. The highest BCUT2D eigenvalue weighted by molar-refractivity contribution is 9.10. The number of anilines is 1. The van der Waals surface area contributed by atoms with Crippen LogP contribution in [0.4, 0.5) is 5.69 Å². The van der Waals surface area contributed by atoms with Gasteiger partial charge in [-0.3, -0.25) is 0 Å². The first-order valence-corrected chi connectivity index (χ1v) is 6.86. The van der Waals surface area contributed by atoms with Crippen molar-refractivity contribution in [1.29, 1.82) is 0 Å². The Bertz CT molecular complexity index is 442.